The van der Waals surface area contributed by atoms with Crippen LogP contribution >= 0.6 is 0 Å². The van der Waals surface area contributed by atoms with Gasteiger partial charge in [-0.05, 0) is 5.92 Å². The Labute approximate surface area is 72.4 Å². The summed E-state index contributed by atoms with van der Waals surface area (Å²) in [5.74, 6) is 1.02. The van der Waals surface area contributed by atoms with Crippen molar-refractivity contribution < 1.29 is 0 Å². The van der Waals surface area contributed by atoms with Gasteiger partial charge in [0.25, 0.3) is 0 Å². The highest BCUT2D eigenvalue weighted by Crippen LogP contribution is 2.28. The minimum absolute atomic E-state index is 0.715. The zero-order chi connectivity index (χ0) is 8.32. The summed E-state index contributed by atoms with van der Waals surface area (Å²) < 4.78 is 0. The van der Waals surface area contributed by atoms with Crippen molar-refractivity contribution in [1.29, 1.82) is 0 Å². The first kappa shape index (κ1) is 9.31. The van der Waals surface area contributed by atoms with Gasteiger partial charge in [0.2, 0.25) is 0 Å². The van der Waals surface area contributed by atoms with Gasteiger partial charge >= 0.3 is 0 Å². The van der Waals surface area contributed by atoms with Gasteiger partial charge < -0.3 is 0 Å². The molecule has 0 radical (unpaired) electrons. The second-order valence-electron chi connectivity index (χ2n) is 5.05. The zero-order valence-corrected chi connectivity index (χ0v) is 9.32. The molecule has 0 unspecified atom stereocenters. The summed E-state index contributed by atoms with van der Waals surface area (Å²) in [4.78, 5) is 0. The van der Waals surface area contributed by atoms with Gasteiger partial charge in [-0.15, -0.1) is 0 Å². The third-order valence-electron chi connectivity index (χ3n) is 3.11. The summed E-state index contributed by atoms with van der Waals surface area (Å²) in [5.41, 5.74) is 0. The Kier molecular flexibility index (Phi) is 3.17. The Morgan fingerprint density at radius 1 is 1.00 bits per heavy atom. The summed E-state index contributed by atoms with van der Waals surface area (Å²) in [6.07, 6.45) is 6.02. The summed E-state index contributed by atoms with van der Waals surface area (Å²) in [7, 11) is -0.715. The maximum Gasteiger partial charge on any atom is 0.0473 e. The van der Waals surface area contributed by atoms with E-state index in [0.717, 1.165) is 5.92 Å². The van der Waals surface area contributed by atoms with Gasteiger partial charge in [-0.3, -0.25) is 0 Å². The van der Waals surface area contributed by atoms with Crippen LogP contribution in [0.2, 0.25) is 25.2 Å². The van der Waals surface area contributed by atoms with E-state index < -0.39 is 8.07 Å². The van der Waals surface area contributed by atoms with E-state index in [-0.39, 0.29) is 0 Å². The van der Waals surface area contributed by atoms with E-state index in [2.05, 4.69) is 20.0 Å². The molecule has 1 heteroatoms. The van der Waals surface area contributed by atoms with Gasteiger partial charge in [0.1, 0.15) is 0 Å². The average Bonchev–Trinajstić information content (AvgIpc) is 1.92. The standard InChI is InChI=1S/C10H22Si/c1-10-6-4-5-8-11(2,3)9-7-10/h10H,4-9H2,1-3H3/t10-/m0/s1. The first-order valence-electron chi connectivity index (χ1n) is 5.10. The van der Waals surface area contributed by atoms with Crippen LogP contribution in [-0.4, -0.2) is 8.07 Å². The van der Waals surface area contributed by atoms with E-state index in [0.29, 0.717) is 0 Å². The van der Waals surface area contributed by atoms with Crippen LogP contribution in [0, 0.1) is 5.92 Å². The predicted molar refractivity (Wildman–Crippen MR) is 54.7 cm³/mol. The smallest absolute Gasteiger partial charge is 0.0473 e. The Morgan fingerprint density at radius 3 is 2.45 bits per heavy atom. The molecule has 0 amide bonds. The first-order valence-corrected chi connectivity index (χ1v) is 8.52. The van der Waals surface area contributed by atoms with Gasteiger partial charge in [-0.2, -0.15) is 0 Å². The molecule has 1 saturated heterocycles. The second kappa shape index (κ2) is 3.75. The van der Waals surface area contributed by atoms with Gasteiger partial charge in [0, 0.05) is 8.07 Å². The van der Waals surface area contributed by atoms with Crippen LogP contribution in [0.1, 0.15) is 32.6 Å². The summed E-state index contributed by atoms with van der Waals surface area (Å²) in [5, 5.41) is 0. The molecule has 1 aliphatic rings. The number of hydrogen-bond acceptors (Lipinski definition) is 0. The molecule has 1 fully saturated rings. The van der Waals surface area contributed by atoms with Crippen molar-refractivity contribution in [1.82, 2.24) is 0 Å². The SMILES string of the molecule is C[C@H]1CCCC[Si](C)(C)CC1. The molecular weight excluding hydrogens is 148 g/mol. The molecule has 66 valence electrons. The molecule has 0 aromatic carbocycles. The fourth-order valence-electron chi connectivity index (χ4n) is 2.00. The molecule has 0 spiro atoms. The lowest BCUT2D eigenvalue weighted by molar-refractivity contribution is 0.478. The van der Waals surface area contributed by atoms with Crippen LogP contribution < -0.4 is 0 Å². The number of hydrogen-bond donors (Lipinski definition) is 0. The Balaban J connectivity index is 2.38. The molecule has 0 N–H and O–H groups in total. The van der Waals surface area contributed by atoms with E-state index in [9.17, 15) is 0 Å². The maximum atomic E-state index is 2.56. The monoisotopic (exact) mass is 170 g/mol. The van der Waals surface area contributed by atoms with Crippen LogP contribution in [0.15, 0.2) is 0 Å². The van der Waals surface area contributed by atoms with Gasteiger partial charge in [-0.1, -0.05) is 57.8 Å². The normalized spacial score (nSPS) is 32.5. The lowest BCUT2D eigenvalue weighted by Gasteiger charge is -2.27. The molecule has 0 aliphatic carbocycles. The highest BCUT2D eigenvalue weighted by Gasteiger charge is 2.22. The minimum atomic E-state index is -0.715. The van der Waals surface area contributed by atoms with Crippen molar-refractivity contribution >= 4 is 8.07 Å². The number of rotatable bonds is 0. The molecule has 0 bridgehead atoms. The van der Waals surface area contributed by atoms with E-state index in [1.807, 2.05) is 0 Å². The maximum absolute atomic E-state index is 2.56. The zero-order valence-electron chi connectivity index (χ0n) is 8.32. The third kappa shape index (κ3) is 3.41. The van der Waals surface area contributed by atoms with E-state index in [4.69, 9.17) is 0 Å². The molecule has 0 nitrogen and oxygen atoms in total. The van der Waals surface area contributed by atoms with Crippen LogP contribution in [0.3, 0.4) is 0 Å². The molecule has 1 atom stereocenters. The molecule has 0 aromatic heterocycles. The Bertz CT molecular complexity index is 118. The van der Waals surface area contributed by atoms with Gasteiger partial charge in [-0.25, -0.2) is 0 Å². The van der Waals surface area contributed by atoms with E-state index >= 15 is 0 Å². The molecule has 11 heavy (non-hydrogen) atoms. The molecule has 0 aromatic rings. The summed E-state index contributed by atoms with van der Waals surface area (Å²) in [6.45, 7) is 7.55. The fourth-order valence-corrected chi connectivity index (χ4v) is 4.73. The third-order valence-corrected chi connectivity index (χ3v) is 6.46. The molecule has 1 rings (SSSR count). The highest BCUT2D eigenvalue weighted by atomic mass is 28.3. The molecule has 1 heterocycles. The molecule has 1 aliphatic heterocycles. The first-order chi connectivity index (χ1) is 5.10. The quantitative estimate of drug-likeness (QED) is 0.484. The minimum Gasteiger partial charge on any atom is -0.0693 e. The van der Waals surface area contributed by atoms with Crippen molar-refractivity contribution in [3.8, 4) is 0 Å². The largest absolute Gasteiger partial charge is 0.0693 e. The molecular formula is C10H22Si. The summed E-state index contributed by atoms with van der Waals surface area (Å²) in [6, 6.07) is 3.16. The lowest BCUT2D eigenvalue weighted by atomic mass is 10.0. The Hall–Kier alpha value is 0.217. The van der Waals surface area contributed by atoms with Crippen LogP contribution in [0.5, 0.6) is 0 Å². The van der Waals surface area contributed by atoms with E-state index in [1.54, 1.807) is 12.1 Å². The highest BCUT2D eigenvalue weighted by molar-refractivity contribution is 6.77. The van der Waals surface area contributed by atoms with Crippen molar-refractivity contribution in [3.63, 3.8) is 0 Å². The van der Waals surface area contributed by atoms with Crippen molar-refractivity contribution in [3.05, 3.63) is 0 Å². The van der Waals surface area contributed by atoms with Crippen molar-refractivity contribution in [2.45, 2.75) is 57.8 Å². The Morgan fingerprint density at radius 2 is 1.73 bits per heavy atom. The van der Waals surface area contributed by atoms with Gasteiger partial charge in [0.05, 0.1) is 0 Å². The van der Waals surface area contributed by atoms with Crippen LogP contribution in [-0.2, 0) is 0 Å². The predicted octanol–water partition coefficient (Wildman–Crippen LogP) is 3.90. The fraction of sp³-hybridized carbons (Fsp3) is 1.00. The summed E-state index contributed by atoms with van der Waals surface area (Å²) >= 11 is 0. The van der Waals surface area contributed by atoms with Crippen LogP contribution in [0.25, 0.3) is 0 Å². The van der Waals surface area contributed by atoms with Crippen molar-refractivity contribution in [2.24, 2.45) is 5.92 Å². The van der Waals surface area contributed by atoms with Crippen molar-refractivity contribution in [2.75, 3.05) is 0 Å². The topological polar surface area (TPSA) is 0 Å². The molecule has 0 saturated carbocycles. The van der Waals surface area contributed by atoms with E-state index in [1.165, 1.54) is 25.7 Å². The second-order valence-corrected chi connectivity index (χ2v) is 10.4. The van der Waals surface area contributed by atoms with Crippen LogP contribution in [0.4, 0.5) is 0 Å². The lowest BCUT2D eigenvalue weighted by Crippen LogP contribution is -2.26. The average molecular weight is 170 g/mol. The van der Waals surface area contributed by atoms with Gasteiger partial charge in [0.15, 0.2) is 0 Å².